The van der Waals surface area contributed by atoms with Gasteiger partial charge in [-0.2, -0.15) is 13.2 Å². The Hall–Kier alpha value is -2.38. The van der Waals surface area contributed by atoms with Crippen molar-refractivity contribution in [3.63, 3.8) is 0 Å². The number of aliphatic hydroxyl groups excluding tert-OH is 1. The van der Waals surface area contributed by atoms with E-state index in [9.17, 15) is 23.1 Å². The third kappa shape index (κ3) is 5.16. The van der Waals surface area contributed by atoms with E-state index in [4.69, 9.17) is 0 Å². The summed E-state index contributed by atoms with van der Waals surface area (Å²) in [6.45, 7) is 2.37. The number of aliphatic hydroxyl groups is 1. The summed E-state index contributed by atoms with van der Waals surface area (Å²) in [6, 6.07) is 12.7. The zero-order valence-electron chi connectivity index (χ0n) is 16.2. The molecule has 2 aromatic rings. The van der Waals surface area contributed by atoms with Crippen molar-refractivity contribution < 1.29 is 23.1 Å². The minimum atomic E-state index is -4.45. The molecule has 0 radical (unpaired) electrons. The van der Waals surface area contributed by atoms with Gasteiger partial charge in [0.1, 0.15) is 0 Å². The van der Waals surface area contributed by atoms with Crippen molar-refractivity contribution in [1.29, 1.82) is 0 Å². The fourth-order valence-electron chi connectivity index (χ4n) is 3.84. The lowest BCUT2D eigenvalue weighted by Gasteiger charge is -2.38. The number of hydrogen-bond donors (Lipinski definition) is 2. The average molecular weight is 406 g/mol. The molecule has 29 heavy (non-hydrogen) atoms. The van der Waals surface area contributed by atoms with Crippen LogP contribution in [0.15, 0.2) is 48.5 Å². The number of halogens is 3. The van der Waals surface area contributed by atoms with Crippen LogP contribution >= 0.6 is 0 Å². The molecule has 4 nitrogen and oxygen atoms in total. The van der Waals surface area contributed by atoms with Gasteiger partial charge in [-0.3, -0.25) is 4.79 Å². The van der Waals surface area contributed by atoms with Gasteiger partial charge in [-0.05, 0) is 42.5 Å². The summed E-state index contributed by atoms with van der Waals surface area (Å²) in [5, 5.41) is 12.3. The SMILES string of the molecule is CC(O)CNCC(=O)N1CCc2ccccc2C1Cc1ccccc1C(F)(F)F. The van der Waals surface area contributed by atoms with Crippen LogP contribution in [0.2, 0.25) is 0 Å². The van der Waals surface area contributed by atoms with Crippen molar-refractivity contribution in [3.05, 3.63) is 70.8 Å². The van der Waals surface area contributed by atoms with Crippen LogP contribution in [0.25, 0.3) is 0 Å². The van der Waals surface area contributed by atoms with E-state index in [0.717, 1.165) is 17.2 Å². The normalized spacial score (nSPS) is 17.7. The molecule has 1 amide bonds. The van der Waals surface area contributed by atoms with Gasteiger partial charge in [0.2, 0.25) is 5.91 Å². The summed E-state index contributed by atoms with van der Waals surface area (Å²) in [4.78, 5) is 14.5. The van der Waals surface area contributed by atoms with Crippen molar-refractivity contribution in [2.45, 2.75) is 38.1 Å². The largest absolute Gasteiger partial charge is 0.416 e. The van der Waals surface area contributed by atoms with Gasteiger partial charge in [0, 0.05) is 13.1 Å². The summed E-state index contributed by atoms with van der Waals surface area (Å²) in [5.74, 6) is -0.186. The Morgan fingerprint density at radius 3 is 2.62 bits per heavy atom. The summed E-state index contributed by atoms with van der Waals surface area (Å²) in [6.07, 6.45) is -4.28. The van der Waals surface area contributed by atoms with Crippen molar-refractivity contribution in [2.75, 3.05) is 19.6 Å². The van der Waals surface area contributed by atoms with Gasteiger partial charge in [-0.25, -0.2) is 0 Å². The summed E-state index contributed by atoms with van der Waals surface area (Å²) >= 11 is 0. The molecule has 0 saturated heterocycles. The average Bonchev–Trinajstić information content (AvgIpc) is 2.67. The zero-order valence-corrected chi connectivity index (χ0v) is 16.2. The van der Waals surface area contributed by atoms with Crippen molar-refractivity contribution in [3.8, 4) is 0 Å². The predicted octanol–water partition coefficient (Wildman–Crippen LogP) is 3.34. The molecule has 2 N–H and O–H groups in total. The number of carbonyl (C=O) groups is 1. The number of benzene rings is 2. The highest BCUT2D eigenvalue weighted by Gasteiger charge is 2.36. The molecule has 0 bridgehead atoms. The zero-order chi connectivity index (χ0) is 21.0. The van der Waals surface area contributed by atoms with E-state index in [1.54, 1.807) is 17.9 Å². The Balaban J connectivity index is 1.90. The van der Waals surface area contributed by atoms with Crippen LogP contribution in [-0.4, -0.2) is 41.7 Å². The molecule has 1 aliphatic heterocycles. The third-order valence-electron chi connectivity index (χ3n) is 5.18. The first-order chi connectivity index (χ1) is 13.8. The smallest absolute Gasteiger partial charge is 0.392 e. The second-order valence-electron chi connectivity index (χ2n) is 7.39. The van der Waals surface area contributed by atoms with E-state index < -0.39 is 23.9 Å². The molecular formula is C22H25F3N2O2. The van der Waals surface area contributed by atoms with Crippen LogP contribution in [0.4, 0.5) is 13.2 Å². The van der Waals surface area contributed by atoms with E-state index in [1.807, 2.05) is 24.3 Å². The molecule has 2 atom stereocenters. The monoisotopic (exact) mass is 406 g/mol. The maximum Gasteiger partial charge on any atom is 0.416 e. The topological polar surface area (TPSA) is 52.6 Å². The second-order valence-corrected chi connectivity index (χ2v) is 7.39. The number of hydrogen-bond acceptors (Lipinski definition) is 3. The molecule has 0 spiro atoms. The first kappa shape index (κ1) is 21.3. The van der Waals surface area contributed by atoms with Crippen LogP contribution in [0.3, 0.4) is 0 Å². The Morgan fingerprint density at radius 1 is 1.21 bits per heavy atom. The standard InChI is InChI=1S/C22H25F3N2O2/c1-15(28)13-26-14-21(29)27-11-10-16-6-2-4-8-18(16)20(27)12-17-7-3-5-9-19(17)22(23,24)25/h2-9,15,20,26,28H,10-14H2,1H3. The van der Waals surface area contributed by atoms with Gasteiger partial charge < -0.3 is 15.3 Å². The molecular weight excluding hydrogens is 381 g/mol. The highest BCUT2D eigenvalue weighted by Crippen LogP contribution is 2.37. The van der Waals surface area contributed by atoms with E-state index >= 15 is 0 Å². The Kier molecular flexibility index (Phi) is 6.59. The van der Waals surface area contributed by atoms with Crippen molar-refractivity contribution in [1.82, 2.24) is 10.2 Å². The quantitative estimate of drug-likeness (QED) is 0.774. The van der Waals surface area contributed by atoms with Gasteiger partial charge in [-0.15, -0.1) is 0 Å². The number of fused-ring (bicyclic) bond motifs is 1. The molecule has 1 aliphatic rings. The summed E-state index contributed by atoms with van der Waals surface area (Å²) in [7, 11) is 0. The summed E-state index contributed by atoms with van der Waals surface area (Å²) < 4.78 is 40.4. The lowest BCUT2D eigenvalue weighted by molar-refractivity contribution is -0.138. The van der Waals surface area contributed by atoms with E-state index in [0.29, 0.717) is 13.0 Å². The van der Waals surface area contributed by atoms with Crippen molar-refractivity contribution in [2.24, 2.45) is 0 Å². The lowest BCUT2D eigenvalue weighted by atomic mass is 9.87. The number of nitrogens with one attached hydrogen (secondary N) is 1. The maximum atomic E-state index is 13.5. The van der Waals surface area contributed by atoms with Gasteiger partial charge >= 0.3 is 6.18 Å². The lowest BCUT2D eigenvalue weighted by Crippen LogP contribution is -2.45. The van der Waals surface area contributed by atoms with Crippen LogP contribution in [0.5, 0.6) is 0 Å². The predicted molar refractivity (Wildman–Crippen MR) is 104 cm³/mol. The Morgan fingerprint density at radius 2 is 1.90 bits per heavy atom. The molecule has 0 aliphatic carbocycles. The second kappa shape index (κ2) is 8.97. The first-order valence-corrected chi connectivity index (χ1v) is 9.68. The number of amides is 1. The number of nitrogens with zero attached hydrogens (tertiary/aromatic N) is 1. The van der Waals surface area contributed by atoms with Crippen LogP contribution in [0, 0.1) is 0 Å². The van der Waals surface area contributed by atoms with Gasteiger partial charge in [0.15, 0.2) is 0 Å². The van der Waals surface area contributed by atoms with Crippen LogP contribution in [0.1, 0.15) is 35.2 Å². The number of rotatable bonds is 6. The minimum Gasteiger partial charge on any atom is -0.392 e. The van der Waals surface area contributed by atoms with E-state index in [-0.39, 0.29) is 31.0 Å². The molecule has 156 valence electrons. The molecule has 2 unspecified atom stereocenters. The molecule has 0 fully saturated rings. The third-order valence-corrected chi connectivity index (χ3v) is 5.18. The van der Waals surface area contributed by atoms with Crippen molar-refractivity contribution >= 4 is 5.91 Å². The van der Waals surface area contributed by atoms with Gasteiger partial charge in [0.05, 0.1) is 24.3 Å². The van der Waals surface area contributed by atoms with E-state index in [2.05, 4.69) is 5.32 Å². The minimum absolute atomic E-state index is 0.0322. The molecule has 2 aromatic carbocycles. The maximum absolute atomic E-state index is 13.5. The number of alkyl halides is 3. The molecule has 1 heterocycles. The highest BCUT2D eigenvalue weighted by molar-refractivity contribution is 5.79. The first-order valence-electron chi connectivity index (χ1n) is 9.68. The fourth-order valence-corrected chi connectivity index (χ4v) is 3.84. The summed E-state index contributed by atoms with van der Waals surface area (Å²) in [5.41, 5.74) is 1.46. The number of carbonyl (C=O) groups excluding carboxylic acids is 1. The van der Waals surface area contributed by atoms with Gasteiger partial charge in [-0.1, -0.05) is 42.5 Å². The Bertz CT molecular complexity index is 852. The molecule has 7 heteroatoms. The van der Waals surface area contributed by atoms with Crippen LogP contribution in [-0.2, 0) is 23.8 Å². The van der Waals surface area contributed by atoms with E-state index in [1.165, 1.54) is 12.1 Å². The highest BCUT2D eigenvalue weighted by atomic mass is 19.4. The van der Waals surface area contributed by atoms with Crippen LogP contribution < -0.4 is 5.32 Å². The Labute approximate surface area is 168 Å². The molecule has 0 aromatic heterocycles. The molecule has 0 saturated carbocycles. The fraction of sp³-hybridized carbons (Fsp3) is 0.409. The molecule has 3 rings (SSSR count). The van der Waals surface area contributed by atoms with Gasteiger partial charge in [0.25, 0.3) is 0 Å².